The van der Waals surface area contributed by atoms with Gasteiger partial charge in [-0.2, -0.15) is 0 Å². The standard InChI is InChI=1S/C13H19BrO2S/c1-3-12(8-14)9-17(15,16)10-13-7-5-4-6-11(13)2/h4-7,12H,3,8-10H2,1-2H3. The van der Waals surface area contributed by atoms with E-state index in [0.717, 1.165) is 22.9 Å². The fourth-order valence-electron chi connectivity index (χ4n) is 1.70. The van der Waals surface area contributed by atoms with Crippen LogP contribution in [0.2, 0.25) is 0 Å². The van der Waals surface area contributed by atoms with E-state index in [-0.39, 0.29) is 17.4 Å². The molecule has 1 aromatic rings. The first-order valence-electron chi connectivity index (χ1n) is 5.79. The van der Waals surface area contributed by atoms with E-state index in [4.69, 9.17) is 0 Å². The Hall–Kier alpha value is -0.350. The highest BCUT2D eigenvalue weighted by molar-refractivity contribution is 9.09. The van der Waals surface area contributed by atoms with Gasteiger partial charge < -0.3 is 0 Å². The number of rotatable bonds is 6. The zero-order valence-corrected chi connectivity index (χ0v) is 12.7. The molecule has 0 bridgehead atoms. The molecule has 0 fully saturated rings. The first-order chi connectivity index (χ1) is 7.98. The van der Waals surface area contributed by atoms with Crippen molar-refractivity contribution in [3.8, 4) is 0 Å². The summed E-state index contributed by atoms with van der Waals surface area (Å²) in [4.78, 5) is 0. The Morgan fingerprint density at radius 2 is 1.94 bits per heavy atom. The van der Waals surface area contributed by atoms with Gasteiger partial charge >= 0.3 is 0 Å². The Morgan fingerprint density at radius 3 is 2.47 bits per heavy atom. The normalized spacial score (nSPS) is 13.6. The second-order valence-electron chi connectivity index (χ2n) is 4.41. The molecule has 0 aliphatic carbocycles. The fraction of sp³-hybridized carbons (Fsp3) is 0.538. The van der Waals surface area contributed by atoms with Crippen LogP contribution in [0.15, 0.2) is 24.3 Å². The smallest absolute Gasteiger partial charge is 0.154 e. The molecule has 0 saturated carbocycles. The van der Waals surface area contributed by atoms with E-state index in [9.17, 15) is 8.42 Å². The number of hydrogen-bond acceptors (Lipinski definition) is 2. The molecule has 0 heterocycles. The molecule has 1 atom stereocenters. The van der Waals surface area contributed by atoms with Crippen molar-refractivity contribution in [1.29, 1.82) is 0 Å². The molecule has 4 heteroatoms. The van der Waals surface area contributed by atoms with E-state index in [0.29, 0.717) is 0 Å². The summed E-state index contributed by atoms with van der Waals surface area (Å²) >= 11 is 3.36. The number of aryl methyl sites for hydroxylation is 1. The van der Waals surface area contributed by atoms with Crippen molar-refractivity contribution in [2.24, 2.45) is 5.92 Å². The minimum atomic E-state index is -3.01. The van der Waals surface area contributed by atoms with Gasteiger partial charge in [0.05, 0.1) is 11.5 Å². The first kappa shape index (κ1) is 14.7. The van der Waals surface area contributed by atoms with E-state index < -0.39 is 9.84 Å². The third-order valence-corrected chi connectivity index (χ3v) is 5.57. The highest BCUT2D eigenvalue weighted by Crippen LogP contribution is 2.16. The summed E-state index contributed by atoms with van der Waals surface area (Å²) in [5, 5.41) is 0.747. The maximum atomic E-state index is 12.1. The van der Waals surface area contributed by atoms with Gasteiger partial charge in [0.15, 0.2) is 9.84 Å². The van der Waals surface area contributed by atoms with Gasteiger partial charge in [-0.05, 0) is 24.0 Å². The Kier molecular flexibility index (Phi) is 5.67. The number of alkyl halides is 1. The predicted octanol–water partition coefficient (Wildman–Crippen LogP) is 3.33. The number of hydrogen-bond donors (Lipinski definition) is 0. The lowest BCUT2D eigenvalue weighted by atomic mass is 10.1. The van der Waals surface area contributed by atoms with Gasteiger partial charge in [-0.1, -0.05) is 53.5 Å². The first-order valence-corrected chi connectivity index (χ1v) is 8.73. The number of benzene rings is 1. The molecule has 0 aliphatic heterocycles. The third-order valence-electron chi connectivity index (χ3n) is 2.92. The van der Waals surface area contributed by atoms with Gasteiger partial charge in [-0.25, -0.2) is 8.42 Å². The summed E-state index contributed by atoms with van der Waals surface area (Å²) in [7, 11) is -3.01. The summed E-state index contributed by atoms with van der Waals surface area (Å²) in [5.74, 6) is 0.635. The van der Waals surface area contributed by atoms with Crippen LogP contribution < -0.4 is 0 Å². The minimum absolute atomic E-state index is 0.156. The van der Waals surface area contributed by atoms with E-state index in [1.54, 1.807) is 0 Å². The fourth-order valence-corrected chi connectivity index (χ4v) is 4.68. The maximum Gasteiger partial charge on any atom is 0.154 e. The van der Waals surface area contributed by atoms with Crippen LogP contribution in [0, 0.1) is 12.8 Å². The molecular weight excluding hydrogens is 300 g/mol. The third kappa shape index (κ3) is 4.80. The van der Waals surface area contributed by atoms with Crippen molar-refractivity contribution in [1.82, 2.24) is 0 Å². The number of sulfone groups is 1. The summed E-state index contributed by atoms with van der Waals surface area (Å²) in [5.41, 5.74) is 1.96. The van der Waals surface area contributed by atoms with Crippen LogP contribution in [0.25, 0.3) is 0 Å². The van der Waals surface area contributed by atoms with Crippen LogP contribution in [-0.4, -0.2) is 19.5 Å². The van der Waals surface area contributed by atoms with Gasteiger partial charge in [0.1, 0.15) is 0 Å². The lowest BCUT2D eigenvalue weighted by Crippen LogP contribution is -2.18. The lowest BCUT2D eigenvalue weighted by Gasteiger charge is -2.12. The molecule has 0 N–H and O–H groups in total. The molecule has 0 radical (unpaired) electrons. The van der Waals surface area contributed by atoms with E-state index >= 15 is 0 Å². The Bertz CT molecular complexity index is 450. The van der Waals surface area contributed by atoms with Crippen molar-refractivity contribution in [2.75, 3.05) is 11.1 Å². The second-order valence-corrected chi connectivity index (χ2v) is 7.17. The van der Waals surface area contributed by atoms with Crippen LogP contribution in [-0.2, 0) is 15.6 Å². The van der Waals surface area contributed by atoms with Crippen molar-refractivity contribution < 1.29 is 8.42 Å². The molecule has 1 aromatic carbocycles. The molecule has 0 amide bonds. The molecule has 0 saturated heterocycles. The summed E-state index contributed by atoms with van der Waals surface area (Å²) < 4.78 is 24.1. The van der Waals surface area contributed by atoms with Gasteiger partial charge in [-0.15, -0.1) is 0 Å². The van der Waals surface area contributed by atoms with E-state index in [1.807, 2.05) is 38.1 Å². The SMILES string of the molecule is CCC(CBr)CS(=O)(=O)Cc1ccccc1C. The van der Waals surface area contributed by atoms with Crippen LogP contribution in [0.3, 0.4) is 0 Å². The van der Waals surface area contributed by atoms with Crippen LogP contribution >= 0.6 is 15.9 Å². The van der Waals surface area contributed by atoms with Gasteiger partial charge in [0.2, 0.25) is 0 Å². The van der Waals surface area contributed by atoms with Crippen LogP contribution in [0.5, 0.6) is 0 Å². The highest BCUT2D eigenvalue weighted by atomic mass is 79.9. The predicted molar refractivity (Wildman–Crippen MR) is 76.2 cm³/mol. The Balaban J connectivity index is 2.77. The zero-order chi connectivity index (χ0) is 12.9. The summed E-state index contributed by atoms with van der Waals surface area (Å²) in [6, 6.07) is 7.66. The molecule has 1 unspecified atom stereocenters. The van der Waals surface area contributed by atoms with Crippen LogP contribution in [0.4, 0.5) is 0 Å². The molecule has 96 valence electrons. The maximum absolute atomic E-state index is 12.1. The lowest BCUT2D eigenvalue weighted by molar-refractivity contribution is 0.568. The minimum Gasteiger partial charge on any atom is -0.228 e. The topological polar surface area (TPSA) is 34.1 Å². The van der Waals surface area contributed by atoms with Crippen molar-refractivity contribution >= 4 is 25.8 Å². The van der Waals surface area contributed by atoms with Crippen molar-refractivity contribution in [3.63, 3.8) is 0 Å². The molecule has 0 aromatic heterocycles. The summed E-state index contributed by atoms with van der Waals surface area (Å²) in [6.07, 6.45) is 0.887. The molecule has 17 heavy (non-hydrogen) atoms. The molecule has 0 aliphatic rings. The zero-order valence-electron chi connectivity index (χ0n) is 10.3. The molecule has 1 rings (SSSR count). The molecule has 0 spiro atoms. The monoisotopic (exact) mass is 318 g/mol. The summed E-state index contributed by atoms with van der Waals surface area (Å²) in [6.45, 7) is 3.97. The number of halogens is 1. The van der Waals surface area contributed by atoms with Crippen molar-refractivity contribution in [3.05, 3.63) is 35.4 Å². The quantitative estimate of drug-likeness (QED) is 0.754. The Labute approximate surface area is 112 Å². The van der Waals surface area contributed by atoms with Gasteiger partial charge in [0, 0.05) is 5.33 Å². The van der Waals surface area contributed by atoms with Gasteiger partial charge in [0.25, 0.3) is 0 Å². The van der Waals surface area contributed by atoms with Crippen molar-refractivity contribution in [2.45, 2.75) is 26.0 Å². The molecule has 2 nitrogen and oxygen atoms in total. The second kappa shape index (κ2) is 6.55. The highest BCUT2D eigenvalue weighted by Gasteiger charge is 2.18. The molecular formula is C13H19BrO2S. The van der Waals surface area contributed by atoms with Crippen LogP contribution in [0.1, 0.15) is 24.5 Å². The Morgan fingerprint density at radius 1 is 1.29 bits per heavy atom. The van der Waals surface area contributed by atoms with E-state index in [1.165, 1.54) is 0 Å². The average molecular weight is 319 g/mol. The average Bonchev–Trinajstić information content (AvgIpc) is 2.29. The van der Waals surface area contributed by atoms with Gasteiger partial charge in [-0.3, -0.25) is 0 Å². The largest absolute Gasteiger partial charge is 0.228 e. The van der Waals surface area contributed by atoms with E-state index in [2.05, 4.69) is 15.9 Å².